The Bertz CT molecular complexity index is 389. The van der Waals surface area contributed by atoms with Gasteiger partial charge in [-0.2, -0.15) is 0 Å². The van der Waals surface area contributed by atoms with Crippen LogP contribution in [0.2, 0.25) is 0 Å². The SMILES string of the molecule is CCC[O][Zr]([O]CCC)([O]CCC)[C]1=[C]([Ge]([F])([F])[F])C=CC1. The van der Waals surface area contributed by atoms with Crippen LogP contribution in [-0.2, 0) is 30.0 Å². The van der Waals surface area contributed by atoms with Gasteiger partial charge >= 0.3 is 141 Å². The molecular formula is C14H25F3GeO3Zr. The Morgan fingerprint density at radius 2 is 1.41 bits per heavy atom. The zero-order valence-electron chi connectivity index (χ0n) is 13.5. The van der Waals surface area contributed by atoms with E-state index in [1.54, 1.807) is 6.08 Å². The van der Waals surface area contributed by atoms with Gasteiger partial charge in [-0.25, -0.2) is 0 Å². The van der Waals surface area contributed by atoms with Crippen LogP contribution in [0.3, 0.4) is 0 Å². The number of rotatable bonds is 11. The van der Waals surface area contributed by atoms with Gasteiger partial charge in [0.2, 0.25) is 0 Å². The molecule has 0 N–H and O–H groups in total. The Morgan fingerprint density at radius 1 is 0.955 bits per heavy atom. The van der Waals surface area contributed by atoms with Gasteiger partial charge in [-0.15, -0.1) is 0 Å². The van der Waals surface area contributed by atoms with Gasteiger partial charge in [0.1, 0.15) is 0 Å². The topological polar surface area (TPSA) is 27.7 Å². The van der Waals surface area contributed by atoms with Crippen molar-refractivity contribution in [1.29, 1.82) is 0 Å². The summed E-state index contributed by atoms with van der Waals surface area (Å²) in [5.41, 5.74) is 0. The van der Waals surface area contributed by atoms with E-state index in [-0.39, 0.29) is 6.42 Å². The molecule has 8 heteroatoms. The van der Waals surface area contributed by atoms with Gasteiger partial charge in [-0.05, 0) is 0 Å². The minimum absolute atomic E-state index is 0.257. The number of allylic oxidation sites excluding steroid dienone is 4. The molecule has 0 aromatic heterocycles. The Morgan fingerprint density at radius 3 is 1.77 bits per heavy atom. The van der Waals surface area contributed by atoms with E-state index >= 15 is 0 Å². The molecule has 1 rings (SSSR count). The zero-order chi connectivity index (χ0) is 16.6. The number of hydrogen-bond acceptors (Lipinski definition) is 3. The maximum atomic E-state index is 13.5. The van der Waals surface area contributed by atoms with Crippen molar-refractivity contribution < 1.29 is 40.5 Å². The van der Waals surface area contributed by atoms with Gasteiger partial charge in [-0.1, -0.05) is 0 Å². The summed E-state index contributed by atoms with van der Waals surface area (Å²) in [6.45, 7) is 6.93. The minimum atomic E-state index is -6.44. The second-order valence-corrected chi connectivity index (χ2v) is 14.7. The molecule has 22 heavy (non-hydrogen) atoms. The summed E-state index contributed by atoms with van der Waals surface area (Å²) in [5, 5.41) is 0. The second kappa shape index (κ2) is 9.77. The summed E-state index contributed by atoms with van der Waals surface area (Å²) >= 11 is -10.8. The molecule has 0 saturated carbocycles. The van der Waals surface area contributed by atoms with E-state index in [9.17, 15) is 10.5 Å². The molecule has 1 aliphatic carbocycles. The van der Waals surface area contributed by atoms with E-state index in [1.807, 2.05) is 20.8 Å². The van der Waals surface area contributed by atoms with E-state index < -0.39 is 40.7 Å². The molecule has 128 valence electrons. The normalized spacial score (nSPS) is 15.9. The molecule has 0 aromatic carbocycles. The van der Waals surface area contributed by atoms with Crippen molar-refractivity contribution in [2.24, 2.45) is 0 Å². The quantitative estimate of drug-likeness (QED) is 0.415. The Balaban J connectivity index is 3.19. The van der Waals surface area contributed by atoms with Crippen molar-refractivity contribution in [3.8, 4) is 0 Å². The zero-order valence-corrected chi connectivity index (χ0v) is 18.0. The molecule has 3 nitrogen and oxygen atoms in total. The van der Waals surface area contributed by atoms with E-state index in [0.29, 0.717) is 23.1 Å². The van der Waals surface area contributed by atoms with E-state index in [1.165, 1.54) is 6.08 Å². The Kier molecular flexibility index (Phi) is 9.16. The van der Waals surface area contributed by atoms with E-state index in [0.717, 1.165) is 19.3 Å². The first-order chi connectivity index (χ1) is 10.4. The number of hydrogen-bond donors (Lipinski definition) is 0. The number of halogens is 3. The van der Waals surface area contributed by atoms with E-state index in [4.69, 9.17) is 8.44 Å². The summed E-state index contributed by atoms with van der Waals surface area (Å²) in [6, 6.07) is 0. The first-order valence-corrected chi connectivity index (χ1v) is 15.5. The van der Waals surface area contributed by atoms with Crippen LogP contribution in [0, 0.1) is 0 Å². The van der Waals surface area contributed by atoms with Crippen molar-refractivity contribution >= 4 is 14.7 Å². The summed E-state index contributed by atoms with van der Waals surface area (Å²) in [7, 11) is 0. The van der Waals surface area contributed by atoms with Crippen LogP contribution in [0.4, 0.5) is 10.5 Å². The first kappa shape index (κ1) is 20.6. The molecule has 1 aliphatic rings. The predicted molar refractivity (Wildman–Crippen MR) is 78.6 cm³/mol. The molecule has 0 unspecified atom stereocenters. The van der Waals surface area contributed by atoms with Crippen LogP contribution in [0.15, 0.2) is 19.8 Å². The van der Waals surface area contributed by atoms with Gasteiger partial charge in [0.05, 0.1) is 0 Å². The molecule has 0 radical (unpaired) electrons. The fourth-order valence-electron chi connectivity index (χ4n) is 2.16. The summed E-state index contributed by atoms with van der Waals surface area (Å²) < 4.78 is 57.9. The molecule has 0 fully saturated rings. The van der Waals surface area contributed by atoms with Crippen molar-refractivity contribution in [3.05, 3.63) is 19.8 Å². The second-order valence-electron chi connectivity index (χ2n) is 5.10. The molecule has 0 aliphatic heterocycles. The average molecular weight is 462 g/mol. The third-order valence-corrected chi connectivity index (χ3v) is 13.9. The Hall–Kier alpha value is 0.576. The predicted octanol–water partition coefficient (Wildman–Crippen LogP) is 4.77. The summed E-state index contributed by atoms with van der Waals surface area (Å²) in [6.07, 6.45) is 5.22. The molecule has 0 bridgehead atoms. The van der Waals surface area contributed by atoms with Crippen molar-refractivity contribution in [1.82, 2.24) is 0 Å². The third-order valence-electron chi connectivity index (χ3n) is 3.10. The van der Waals surface area contributed by atoms with Crippen LogP contribution < -0.4 is 0 Å². The summed E-state index contributed by atoms with van der Waals surface area (Å²) in [5.74, 6) is 0. The van der Waals surface area contributed by atoms with Crippen LogP contribution in [0.25, 0.3) is 0 Å². The van der Waals surface area contributed by atoms with Gasteiger partial charge in [0.15, 0.2) is 0 Å². The van der Waals surface area contributed by atoms with Gasteiger partial charge in [-0.3, -0.25) is 0 Å². The first-order valence-electron chi connectivity index (χ1n) is 7.80. The summed E-state index contributed by atoms with van der Waals surface area (Å²) in [4.78, 5) is 0. The fourth-order valence-corrected chi connectivity index (χ4v) is 14.7. The van der Waals surface area contributed by atoms with Crippen LogP contribution >= 0.6 is 0 Å². The van der Waals surface area contributed by atoms with Gasteiger partial charge in [0.25, 0.3) is 0 Å². The monoisotopic (exact) mass is 462 g/mol. The van der Waals surface area contributed by atoms with Crippen LogP contribution in [-0.4, -0.2) is 34.5 Å². The van der Waals surface area contributed by atoms with Gasteiger partial charge < -0.3 is 0 Å². The van der Waals surface area contributed by atoms with E-state index in [2.05, 4.69) is 0 Å². The molecule has 0 amide bonds. The average Bonchev–Trinajstić information content (AvgIpc) is 2.97. The molecule has 0 atom stereocenters. The van der Waals surface area contributed by atoms with Crippen LogP contribution in [0.5, 0.6) is 0 Å². The molecular weight excluding hydrogens is 437 g/mol. The third kappa shape index (κ3) is 5.58. The van der Waals surface area contributed by atoms with Crippen molar-refractivity contribution in [2.75, 3.05) is 19.8 Å². The van der Waals surface area contributed by atoms with Crippen molar-refractivity contribution in [3.63, 3.8) is 0 Å². The van der Waals surface area contributed by atoms with Crippen LogP contribution in [0.1, 0.15) is 46.5 Å². The van der Waals surface area contributed by atoms with Crippen molar-refractivity contribution in [2.45, 2.75) is 46.5 Å². The molecule has 0 saturated heterocycles. The maximum absolute atomic E-state index is 13.5. The molecule has 0 aromatic rings. The standard InChI is InChI=1S/C5H4F3Ge.3C3H7O.Zr/c6-9(7,8)5-3-1-2-4-5;3*1-2-3-4;/h1,3H,2H2;3*2-3H2,1H3;/q;3*-1;+3. The van der Waals surface area contributed by atoms with Gasteiger partial charge in [0, 0.05) is 0 Å². The fraction of sp³-hybridized carbons (Fsp3) is 0.714. The molecule has 0 spiro atoms. The Labute approximate surface area is 141 Å². The molecule has 0 heterocycles.